The third-order valence-electron chi connectivity index (χ3n) is 4.57. The minimum absolute atomic E-state index is 0.197. The molecule has 140 valence electrons. The molecule has 1 heterocycles. The van der Waals surface area contributed by atoms with Gasteiger partial charge in [0.25, 0.3) is 0 Å². The monoisotopic (exact) mass is 351 g/mol. The van der Waals surface area contributed by atoms with Gasteiger partial charge < -0.3 is 20.3 Å². The van der Waals surface area contributed by atoms with Crippen molar-refractivity contribution in [3.8, 4) is 5.75 Å². The van der Waals surface area contributed by atoms with E-state index in [-0.39, 0.29) is 23.9 Å². The number of amides is 2. The number of halogens is 1. The summed E-state index contributed by atoms with van der Waals surface area (Å²) in [5, 5.41) is 5.92. The van der Waals surface area contributed by atoms with Crippen LogP contribution in [0.15, 0.2) is 18.2 Å². The molecule has 0 radical (unpaired) electrons. The summed E-state index contributed by atoms with van der Waals surface area (Å²) < 4.78 is 18.7. The fourth-order valence-electron chi connectivity index (χ4n) is 3.24. The van der Waals surface area contributed by atoms with E-state index in [1.54, 1.807) is 12.1 Å². The molecular weight excluding hydrogens is 321 g/mol. The predicted octanol–water partition coefficient (Wildman–Crippen LogP) is 3.31. The van der Waals surface area contributed by atoms with Crippen molar-refractivity contribution < 1.29 is 13.9 Å². The zero-order chi connectivity index (χ0) is 18.4. The highest BCUT2D eigenvalue weighted by Crippen LogP contribution is 2.21. The van der Waals surface area contributed by atoms with E-state index in [1.165, 1.54) is 13.2 Å². The topological polar surface area (TPSA) is 53.6 Å². The van der Waals surface area contributed by atoms with Gasteiger partial charge in [0.15, 0.2) is 11.6 Å². The number of nitrogens with zero attached hydrogens (tertiary/aromatic N) is 1. The maximum Gasteiger partial charge on any atom is 0.315 e. The summed E-state index contributed by atoms with van der Waals surface area (Å²) in [4.78, 5) is 14.7. The Kier molecular flexibility index (Phi) is 7.05. The summed E-state index contributed by atoms with van der Waals surface area (Å²) >= 11 is 0. The largest absolute Gasteiger partial charge is 0.494 e. The quantitative estimate of drug-likeness (QED) is 0.827. The number of carbonyl (C=O) groups is 1. The van der Waals surface area contributed by atoms with Gasteiger partial charge in [-0.2, -0.15) is 0 Å². The van der Waals surface area contributed by atoms with Crippen LogP contribution in [0.5, 0.6) is 5.75 Å². The number of nitrogens with one attached hydrogen (secondary N) is 2. The molecule has 1 aliphatic rings. The number of hydrogen-bond donors (Lipinski definition) is 2. The number of piperidine rings is 1. The van der Waals surface area contributed by atoms with Crippen molar-refractivity contribution in [3.05, 3.63) is 29.6 Å². The molecule has 6 heteroatoms. The van der Waals surface area contributed by atoms with Gasteiger partial charge in [0.1, 0.15) is 0 Å². The Morgan fingerprint density at radius 2 is 2.00 bits per heavy atom. The van der Waals surface area contributed by atoms with Gasteiger partial charge in [0, 0.05) is 25.7 Å². The summed E-state index contributed by atoms with van der Waals surface area (Å²) in [7, 11) is 1.43. The lowest BCUT2D eigenvalue weighted by Gasteiger charge is -2.33. The number of hydrogen-bond acceptors (Lipinski definition) is 3. The van der Waals surface area contributed by atoms with E-state index in [4.69, 9.17) is 4.74 Å². The van der Waals surface area contributed by atoms with Gasteiger partial charge >= 0.3 is 6.03 Å². The van der Waals surface area contributed by atoms with E-state index in [0.717, 1.165) is 32.5 Å². The summed E-state index contributed by atoms with van der Waals surface area (Å²) in [5.74, 6) is 0.443. The number of ether oxygens (including phenoxy) is 1. The van der Waals surface area contributed by atoms with Crippen LogP contribution in [-0.2, 0) is 0 Å². The van der Waals surface area contributed by atoms with Crippen LogP contribution in [0.4, 0.5) is 9.18 Å². The van der Waals surface area contributed by atoms with Gasteiger partial charge in [-0.1, -0.05) is 19.9 Å². The van der Waals surface area contributed by atoms with Gasteiger partial charge in [-0.3, -0.25) is 0 Å². The van der Waals surface area contributed by atoms with Crippen molar-refractivity contribution in [2.45, 2.75) is 45.7 Å². The normalized spacial score (nSPS) is 17.4. The van der Waals surface area contributed by atoms with Crippen molar-refractivity contribution in [2.24, 2.45) is 5.92 Å². The van der Waals surface area contributed by atoms with Crippen LogP contribution < -0.4 is 15.4 Å². The first-order valence-corrected chi connectivity index (χ1v) is 9.02. The lowest BCUT2D eigenvalue weighted by molar-refractivity contribution is 0.177. The van der Waals surface area contributed by atoms with E-state index >= 15 is 0 Å². The average Bonchev–Trinajstić information content (AvgIpc) is 2.56. The molecule has 2 N–H and O–H groups in total. The molecule has 1 atom stereocenters. The van der Waals surface area contributed by atoms with Crippen molar-refractivity contribution >= 4 is 6.03 Å². The Hall–Kier alpha value is -1.82. The van der Waals surface area contributed by atoms with Crippen LogP contribution >= 0.6 is 0 Å². The molecule has 1 aromatic rings. The van der Waals surface area contributed by atoms with Crippen LogP contribution in [-0.4, -0.2) is 43.7 Å². The fraction of sp³-hybridized carbons (Fsp3) is 0.632. The highest BCUT2D eigenvalue weighted by Gasteiger charge is 2.21. The van der Waals surface area contributed by atoms with Gasteiger partial charge in [0.2, 0.25) is 0 Å². The Bertz CT molecular complexity index is 572. The Labute approximate surface area is 149 Å². The summed E-state index contributed by atoms with van der Waals surface area (Å²) in [6, 6.07) is 4.45. The summed E-state index contributed by atoms with van der Waals surface area (Å²) in [5.41, 5.74) is 0.709. The van der Waals surface area contributed by atoms with Crippen molar-refractivity contribution in [1.82, 2.24) is 15.5 Å². The van der Waals surface area contributed by atoms with Gasteiger partial charge in [-0.25, -0.2) is 9.18 Å². The van der Waals surface area contributed by atoms with E-state index < -0.39 is 5.82 Å². The molecule has 0 spiro atoms. The van der Waals surface area contributed by atoms with Gasteiger partial charge in [-0.05, 0) is 43.4 Å². The second kappa shape index (κ2) is 9.04. The second-order valence-electron chi connectivity index (χ2n) is 7.20. The number of carbonyl (C=O) groups excluding carboxylic acids is 1. The fourth-order valence-corrected chi connectivity index (χ4v) is 3.24. The van der Waals surface area contributed by atoms with Crippen molar-refractivity contribution in [1.29, 1.82) is 0 Å². The summed E-state index contributed by atoms with van der Waals surface area (Å²) in [6.07, 6.45) is 1.93. The predicted molar refractivity (Wildman–Crippen MR) is 97.3 cm³/mol. The molecule has 25 heavy (non-hydrogen) atoms. The smallest absolute Gasteiger partial charge is 0.315 e. The standard InChI is InChI=1S/C19H30FN3O2/c1-13(2)12-23-9-7-16(8-10-23)22-19(24)21-14(3)15-5-6-18(25-4)17(20)11-15/h5-6,11,13-14,16H,7-10,12H2,1-4H3,(H2,21,22,24). The summed E-state index contributed by atoms with van der Waals surface area (Å²) in [6.45, 7) is 9.43. The molecule has 0 aromatic heterocycles. The Morgan fingerprint density at radius 3 is 2.56 bits per heavy atom. The minimum Gasteiger partial charge on any atom is -0.494 e. The van der Waals surface area contributed by atoms with Gasteiger partial charge in [-0.15, -0.1) is 0 Å². The molecule has 0 aliphatic carbocycles. The van der Waals surface area contributed by atoms with E-state index in [0.29, 0.717) is 11.5 Å². The molecule has 1 aliphatic heterocycles. The number of urea groups is 1. The molecule has 1 unspecified atom stereocenters. The molecule has 0 bridgehead atoms. The molecule has 0 saturated carbocycles. The van der Waals surface area contributed by atoms with Crippen LogP contribution in [0.3, 0.4) is 0 Å². The molecule has 2 rings (SSSR count). The molecule has 1 aromatic carbocycles. The lowest BCUT2D eigenvalue weighted by Crippen LogP contribution is -2.48. The molecule has 1 saturated heterocycles. The van der Waals surface area contributed by atoms with E-state index in [1.807, 2.05) is 6.92 Å². The van der Waals surface area contributed by atoms with Crippen LogP contribution in [0, 0.1) is 11.7 Å². The Morgan fingerprint density at radius 1 is 1.32 bits per heavy atom. The zero-order valence-electron chi connectivity index (χ0n) is 15.6. The molecule has 5 nitrogen and oxygen atoms in total. The highest BCUT2D eigenvalue weighted by atomic mass is 19.1. The van der Waals surface area contributed by atoms with Crippen molar-refractivity contribution in [3.63, 3.8) is 0 Å². The lowest BCUT2D eigenvalue weighted by atomic mass is 10.0. The third-order valence-corrected chi connectivity index (χ3v) is 4.57. The number of benzene rings is 1. The number of likely N-dealkylation sites (tertiary alicyclic amines) is 1. The van der Waals surface area contributed by atoms with Crippen LogP contribution in [0.2, 0.25) is 0 Å². The molecule has 2 amide bonds. The Balaban J connectivity index is 1.79. The van der Waals surface area contributed by atoms with Crippen LogP contribution in [0.1, 0.15) is 45.2 Å². The zero-order valence-corrected chi connectivity index (χ0v) is 15.6. The van der Waals surface area contributed by atoms with E-state index in [2.05, 4.69) is 29.4 Å². The minimum atomic E-state index is -0.424. The molecule has 1 fully saturated rings. The molecular formula is C19H30FN3O2. The van der Waals surface area contributed by atoms with E-state index in [9.17, 15) is 9.18 Å². The second-order valence-corrected chi connectivity index (χ2v) is 7.20. The maximum absolute atomic E-state index is 13.8. The van der Waals surface area contributed by atoms with Crippen LogP contribution in [0.25, 0.3) is 0 Å². The maximum atomic E-state index is 13.8. The third kappa shape index (κ3) is 5.88. The number of methoxy groups -OCH3 is 1. The van der Waals surface area contributed by atoms with Gasteiger partial charge in [0.05, 0.1) is 13.2 Å². The first-order valence-electron chi connectivity index (χ1n) is 9.02. The van der Waals surface area contributed by atoms with Crippen molar-refractivity contribution in [2.75, 3.05) is 26.7 Å². The SMILES string of the molecule is COc1ccc(C(C)NC(=O)NC2CCN(CC(C)C)CC2)cc1F. The highest BCUT2D eigenvalue weighted by molar-refractivity contribution is 5.74. The first-order chi connectivity index (χ1) is 11.9. The number of rotatable bonds is 6. The average molecular weight is 351 g/mol. The first kappa shape index (κ1) is 19.5.